The third-order valence-corrected chi connectivity index (χ3v) is 9.67. The summed E-state index contributed by atoms with van der Waals surface area (Å²) in [6, 6.07) is 0. The summed E-state index contributed by atoms with van der Waals surface area (Å²) in [6.45, 7) is 2.29. The number of hydrogen-bond donors (Lipinski definition) is 1. The Kier molecular flexibility index (Phi) is 5.72. The normalized spacial score (nSPS) is 44.1. The Hall–Kier alpha value is -1.65. The van der Waals surface area contributed by atoms with Crippen LogP contribution in [-0.4, -0.2) is 29.4 Å². The van der Waals surface area contributed by atoms with Gasteiger partial charge >= 0.3 is 11.9 Å². The van der Waals surface area contributed by atoms with Crippen LogP contribution in [0.25, 0.3) is 0 Å². The monoisotopic (exact) mass is 428 g/mol. The van der Waals surface area contributed by atoms with E-state index in [1.807, 2.05) is 13.0 Å². The molecule has 0 aromatic heterocycles. The molecule has 0 aliphatic heterocycles. The van der Waals surface area contributed by atoms with Gasteiger partial charge < -0.3 is 9.84 Å². The van der Waals surface area contributed by atoms with Gasteiger partial charge in [0.25, 0.3) is 0 Å². The lowest BCUT2D eigenvalue weighted by molar-refractivity contribution is -0.157. The molecule has 0 heterocycles. The number of ketones is 1. The van der Waals surface area contributed by atoms with Crippen LogP contribution in [0, 0.1) is 53.3 Å². The van der Waals surface area contributed by atoms with Gasteiger partial charge in [0.1, 0.15) is 0 Å². The Morgan fingerprint density at radius 2 is 1.74 bits per heavy atom. The van der Waals surface area contributed by atoms with E-state index >= 15 is 0 Å². The van der Waals surface area contributed by atoms with Crippen LogP contribution < -0.4 is 0 Å². The first-order chi connectivity index (χ1) is 15.0. The maximum absolute atomic E-state index is 13.5. The molecule has 0 bridgehead atoms. The van der Waals surface area contributed by atoms with Crippen LogP contribution in [0.3, 0.4) is 0 Å². The molecule has 5 nitrogen and oxygen atoms in total. The Balaban J connectivity index is 1.41. The molecular weight excluding hydrogens is 392 g/mol. The maximum atomic E-state index is 13.5. The Labute approximate surface area is 185 Å². The Morgan fingerprint density at radius 1 is 0.968 bits per heavy atom. The first-order valence-electron chi connectivity index (χ1n) is 12.6. The third kappa shape index (κ3) is 3.56. The molecule has 31 heavy (non-hydrogen) atoms. The van der Waals surface area contributed by atoms with Gasteiger partial charge in [0.2, 0.25) is 0 Å². The predicted octanol–water partition coefficient (Wildman–Crippen LogP) is 4.64. The Bertz CT molecular complexity index is 785. The third-order valence-electron chi connectivity index (χ3n) is 9.67. The molecule has 5 heteroatoms. The average Bonchev–Trinajstić information content (AvgIpc) is 2.77. The number of esters is 1. The zero-order chi connectivity index (χ0) is 21.7. The molecule has 9 unspecified atom stereocenters. The molecule has 5 rings (SSSR count). The maximum Gasteiger partial charge on any atom is 0.309 e. The fourth-order valence-electron chi connectivity index (χ4n) is 8.44. The van der Waals surface area contributed by atoms with E-state index in [-0.39, 0.29) is 41.3 Å². The average molecular weight is 429 g/mol. The number of aliphatic carboxylic acids is 1. The molecule has 0 aromatic rings. The molecular formula is C26H36O5. The van der Waals surface area contributed by atoms with Crippen molar-refractivity contribution in [1.29, 1.82) is 0 Å². The largest absolute Gasteiger partial charge is 0.481 e. The zero-order valence-electron chi connectivity index (χ0n) is 18.6. The van der Waals surface area contributed by atoms with Crippen molar-refractivity contribution < 1.29 is 24.2 Å². The molecule has 1 N–H and O–H groups in total. The van der Waals surface area contributed by atoms with E-state index in [2.05, 4.69) is 0 Å². The summed E-state index contributed by atoms with van der Waals surface area (Å²) >= 11 is 0. The zero-order valence-corrected chi connectivity index (χ0v) is 18.6. The summed E-state index contributed by atoms with van der Waals surface area (Å²) in [5.74, 6) is 1.58. The molecule has 0 radical (unpaired) electrons. The van der Waals surface area contributed by atoms with Crippen molar-refractivity contribution in [3.8, 4) is 0 Å². The van der Waals surface area contributed by atoms with Gasteiger partial charge in [0.05, 0.1) is 18.4 Å². The van der Waals surface area contributed by atoms with Gasteiger partial charge in [0, 0.05) is 5.92 Å². The van der Waals surface area contributed by atoms with Crippen molar-refractivity contribution in [2.75, 3.05) is 6.61 Å². The van der Waals surface area contributed by atoms with Gasteiger partial charge in [-0.1, -0.05) is 12.0 Å². The number of fused-ring (bicyclic) bond motifs is 7. The van der Waals surface area contributed by atoms with Crippen molar-refractivity contribution >= 4 is 17.7 Å². The highest BCUT2D eigenvalue weighted by Crippen LogP contribution is 2.59. The van der Waals surface area contributed by atoms with Gasteiger partial charge in [-0.2, -0.15) is 0 Å². The summed E-state index contributed by atoms with van der Waals surface area (Å²) in [4.78, 5) is 37.8. The minimum absolute atomic E-state index is 0.0387. The Morgan fingerprint density at radius 3 is 2.52 bits per heavy atom. The second kappa shape index (κ2) is 8.37. The van der Waals surface area contributed by atoms with E-state index in [0.29, 0.717) is 36.7 Å². The van der Waals surface area contributed by atoms with Gasteiger partial charge in [-0.15, -0.1) is 0 Å². The molecule has 170 valence electrons. The number of carbonyl (C=O) groups excluding carboxylic acids is 2. The van der Waals surface area contributed by atoms with Crippen molar-refractivity contribution in [1.82, 2.24) is 0 Å². The van der Waals surface area contributed by atoms with Crippen molar-refractivity contribution in [2.45, 2.75) is 71.1 Å². The lowest BCUT2D eigenvalue weighted by atomic mass is 9.49. The van der Waals surface area contributed by atoms with Crippen LogP contribution in [0.2, 0.25) is 0 Å². The summed E-state index contributed by atoms with van der Waals surface area (Å²) in [5.41, 5.74) is 1.30. The lowest BCUT2D eigenvalue weighted by Crippen LogP contribution is -2.51. The summed E-state index contributed by atoms with van der Waals surface area (Å²) in [5, 5.41) is 9.58. The first-order valence-corrected chi connectivity index (χ1v) is 12.6. The van der Waals surface area contributed by atoms with E-state index in [1.54, 1.807) is 0 Å². The summed E-state index contributed by atoms with van der Waals surface area (Å²) < 4.78 is 5.38. The summed E-state index contributed by atoms with van der Waals surface area (Å²) in [7, 11) is 0. The van der Waals surface area contributed by atoms with E-state index in [4.69, 9.17) is 4.74 Å². The molecule has 4 saturated carbocycles. The van der Waals surface area contributed by atoms with Crippen molar-refractivity contribution in [2.24, 2.45) is 53.3 Å². The minimum atomic E-state index is -0.672. The number of ether oxygens (including phenoxy) is 1. The standard InChI is InChI=1S/C26H36O5/c1-2-31-26(30)20-5-3-4-18-16(20)10-11-19-17-9-8-14-6-7-15(25(28)29)12-21(14)22(17)13-23(27)24(18)19/h13-21,24H,2-12H2,1H3,(H,28,29). The molecule has 5 aliphatic carbocycles. The fourth-order valence-corrected chi connectivity index (χ4v) is 8.44. The van der Waals surface area contributed by atoms with Crippen LogP contribution >= 0.6 is 0 Å². The molecule has 5 aliphatic rings. The van der Waals surface area contributed by atoms with Crippen molar-refractivity contribution in [3.63, 3.8) is 0 Å². The van der Waals surface area contributed by atoms with Gasteiger partial charge in [-0.25, -0.2) is 0 Å². The highest BCUT2D eigenvalue weighted by molar-refractivity contribution is 5.94. The molecule has 0 saturated heterocycles. The van der Waals surface area contributed by atoms with Gasteiger partial charge in [-0.05, 0) is 106 Å². The molecule has 0 spiro atoms. The SMILES string of the molecule is CCOC(=O)C1CCCC2C1CCC1C3CCC4CCC(C(=O)O)CC4C3=CC(=O)C12. The minimum Gasteiger partial charge on any atom is -0.481 e. The topological polar surface area (TPSA) is 80.7 Å². The quantitative estimate of drug-likeness (QED) is 0.662. The van der Waals surface area contributed by atoms with E-state index in [9.17, 15) is 19.5 Å². The van der Waals surface area contributed by atoms with Crippen LogP contribution in [0.4, 0.5) is 0 Å². The van der Waals surface area contributed by atoms with Gasteiger partial charge in [0.15, 0.2) is 5.78 Å². The van der Waals surface area contributed by atoms with E-state index < -0.39 is 5.97 Å². The highest BCUT2D eigenvalue weighted by Gasteiger charge is 2.54. The second-order valence-electron chi connectivity index (χ2n) is 10.8. The molecule has 0 amide bonds. The molecule has 9 atom stereocenters. The van der Waals surface area contributed by atoms with Gasteiger partial charge in [-0.3, -0.25) is 14.4 Å². The number of carboxylic acids is 1. The second-order valence-corrected chi connectivity index (χ2v) is 10.8. The lowest BCUT2D eigenvalue weighted by Gasteiger charge is -2.54. The fraction of sp³-hybridized carbons (Fsp3) is 0.808. The highest BCUT2D eigenvalue weighted by atomic mass is 16.5. The predicted molar refractivity (Wildman–Crippen MR) is 115 cm³/mol. The smallest absolute Gasteiger partial charge is 0.309 e. The number of rotatable bonds is 3. The number of carbonyl (C=O) groups is 3. The van der Waals surface area contributed by atoms with Crippen LogP contribution in [0.1, 0.15) is 71.1 Å². The molecule has 4 fully saturated rings. The number of hydrogen-bond acceptors (Lipinski definition) is 4. The van der Waals surface area contributed by atoms with Crippen LogP contribution in [0.15, 0.2) is 11.6 Å². The molecule has 0 aromatic carbocycles. The van der Waals surface area contributed by atoms with E-state index in [1.165, 1.54) is 12.0 Å². The van der Waals surface area contributed by atoms with Crippen LogP contribution in [-0.2, 0) is 19.1 Å². The first kappa shape index (κ1) is 21.2. The van der Waals surface area contributed by atoms with Crippen molar-refractivity contribution in [3.05, 3.63) is 11.6 Å². The van der Waals surface area contributed by atoms with E-state index in [0.717, 1.165) is 51.4 Å². The number of carboxylic acid groups (broad SMARTS) is 1. The summed E-state index contributed by atoms with van der Waals surface area (Å²) in [6.07, 6.45) is 11.8. The number of allylic oxidation sites excluding steroid dienone is 2. The van der Waals surface area contributed by atoms with Crippen LogP contribution in [0.5, 0.6) is 0 Å².